The van der Waals surface area contributed by atoms with E-state index in [4.69, 9.17) is 4.74 Å². The summed E-state index contributed by atoms with van der Waals surface area (Å²) in [5, 5.41) is 0. The van der Waals surface area contributed by atoms with Crippen LogP contribution in [0.1, 0.15) is 12.8 Å². The van der Waals surface area contributed by atoms with E-state index in [0.29, 0.717) is 12.0 Å². The van der Waals surface area contributed by atoms with Crippen LogP contribution in [0.5, 0.6) is 0 Å². The van der Waals surface area contributed by atoms with E-state index in [0.717, 1.165) is 12.5 Å². The summed E-state index contributed by atoms with van der Waals surface area (Å²) >= 11 is 0. The Hall–Kier alpha value is -0.610. The molecule has 4 heteroatoms. The molecule has 16 heavy (non-hydrogen) atoms. The standard InChI is InChI=1S/C12H20N2O2/c1-13-7-9-8-3-5-14(6-4-8)10(9)11(13)12(15)16-2/h8-11H,3-7H2,1-2H3. The number of esters is 1. The van der Waals surface area contributed by atoms with Crippen molar-refractivity contribution in [3.63, 3.8) is 0 Å². The minimum Gasteiger partial charge on any atom is -0.468 e. The van der Waals surface area contributed by atoms with Crippen LogP contribution in [0.4, 0.5) is 0 Å². The SMILES string of the molecule is COC(=O)C1C2C(CN1C)C1CCN2CC1. The normalized spacial score (nSPS) is 46.8. The van der Waals surface area contributed by atoms with Gasteiger partial charge in [-0.05, 0) is 44.8 Å². The van der Waals surface area contributed by atoms with E-state index in [1.807, 2.05) is 0 Å². The number of likely N-dealkylation sites (tertiary alicyclic amines) is 1. The zero-order chi connectivity index (χ0) is 11.3. The number of hydrogen-bond donors (Lipinski definition) is 0. The topological polar surface area (TPSA) is 32.8 Å². The van der Waals surface area contributed by atoms with Crippen LogP contribution in [-0.2, 0) is 9.53 Å². The van der Waals surface area contributed by atoms with Gasteiger partial charge in [0, 0.05) is 12.6 Å². The zero-order valence-corrected chi connectivity index (χ0v) is 10.1. The molecular weight excluding hydrogens is 204 g/mol. The molecule has 0 radical (unpaired) electrons. The van der Waals surface area contributed by atoms with Crippen LogP contribution < -0.4 is 0 Å². The Balaban J connectivity index is 1.88. The number of methoxy groups -OCH3 is 1. The average Bonchev–Trinajstić information content (AvgIpc) is 2.68. The summed E-state index contributed by atoms with van der Waals surface area (Å²) in [5.41, 5.74) is 0. The first-order valence-corrected chi connectivity index (χ1v) is 6.24. The number of carbonyl (C=O) groups is 1. The highest BCUT2D eigenvalue weighted by Gasteiger charge is 2.54. The van der Waals surface area contributed by atoms with Gasteiger partial charge in [-0.25, -0.2) is 0 Å². The Morgan fingerprint density at radius 1 is 1.31 bits per heavy atom. The molecule has 4 aliphatic heterocycles. The predicted molar refractivity (Wildman–Crippen MR) is 60.0 cm³/mol. The number of nitrogens with zero attached hydrogens (tertiary/aromatic N) is 2. The molecule has 4 aliphatic rings. The number of fused-ring (bicyclic) bond motifs is 2. The molecule has 4 heterocycles. The molecule has 3 atom stereocenters. The zero-order valence-electron chi connectivity index (χ0n) is 10.1. The van der Waals surface area contributed by atoms with Gasteiger partial charge >= 0.3 is 5.97 Å². The summed E-state index contributed by atoms with van der Waals surface area (Å²) in [6.45, 7) is 3.41. The van der Waals surface area contributed by atoms with Crippen molar-refractivity contribution in [3.8, 4) is 0 Å². The number of ether oxygens (including phenoxy) is 1. The second-order valence-electron chi connectivity index (χ2n) is 5.44. The Morgan fingerprint density at radius 3 is 2.62 bits per heavy atom. The van der Waals surface area contributed by atoms with E-state index in [9.17, 15) is 4.79 Å². The second kappa shape index (κ2) is 3.70. The molecule has 90 valence electrons. The maximum atomic E-state index is 11.9. The molecule has 0 spiro atoms. The fourth-order valence-corrected chi connectivity index (χ4v) is 4.03. The van der Waals surface area contributed by atoms with Gasteiger partial charge in [0.2, 0.25) is 0 Å². The average molecular weight is 224 g/mol. The van der Waals surface area contributed by atoms with Gasteiger partial charge < -0.3 is 4.74 Å². The van der Waals surface area contributed by atoms with Gasteiger partial charge in [-0.2, -0.15) is 0 Å². The van der Waals surface area contributed by atoms with Gasteiger partial charge in [0.15, 0.2) is 0 Å². The third kappa shape index (κ3) is 1.32. The van der Waals surface area contributed by atoms with Crippen molar-refractivity contribution in [2.75, 3.05) is 33.8 Å². The molecule has 0 aromatic carbocycles. The van der Waals surface area contributed by atoms with Gasteiger partial charge in [0.25, 0.3) is 0 Å². The Morgan fingerprint density at radius 2 is 2.00 bits per heavy atom. The quantitative estimate of drug-likeness (QED) is 0.595. The van der Waals surface area contributed by atoms with Crippen LogP contribution in [0.2, 0.25) is 0 Å². The lowest BCUT2D eigenvalue weighted by Crippen LogP contribution is -2.58. The van der Waals surface area contributed by atoms with Gasteiger partial charge in [0.1, 0.15) is 6.04 Å². The molecule has 4 saturated heterocycles. The highest BCUT2D eigenvalue weighted by Crippen LogP contribution is 2.43. The Labute approximate surface area is 96.5 Å². The minimum atomic E-state index is -0.0532. The van der Waals surface area contributed by atoms with Gasteiger partial charge in [-0.3, -0.25) is 14.6 Å². The highest BCUT2D eigenvalue weighted by molar-refractivity contribution is 5.77. The highest BCUT2D eigenvalue weighted by atomic mass is 16.5. The number of carbonyl (C=O) groups excluding carboxylic acids is 1. The second-order valence-corrected chi connectivity index (χ2v) is 5.44. The Kier molecular flexibility index (Phi) is 2.44. The lowest BCUT2D eigenvalue weighted by molar-refractivity contribution is -0.148. The third-order valence-corrected chi connectivity index (χ3v) is 4.78. The molecule has 0 aromatic rings. The molecular formula is C12H20N2O2. The fourth-order valence-electron chi connectivity index (χ4n) is 4.03. The third-order valence-electron chi connectivity index (χ3n) is 4.78. The van der Waals surface area contributed by atoms with E-state index in [1.54, 1.807) is 0 Å². The van der Waals surface area contributed by atoms with Crippen molar-refractivity contribution in [2.24, 2.45) is 11.8 Å². The lowest BCUT2D eigenvalue weighted by Gasteiger charge is -2.49. The molecule has 2 bridgehead atoms. The van der Waals surface area contributed by atoms with Crippen LogP contribution in [0.15, 0.2) is 0 Å². The van der Waals surface area contributed by atoms with Crippen LogP contribution in [0, 0.1) is 11.8 Å². The van der Waals surface area contributed by atoms with Crippen molar-refractivity contribution in [1.82, 2.24) is 9.80 Å². The number of piperidine rings is 3. The number of hydrogen-bond acceptors (Lipinski definition) is 4. The van der Waals surface area contributed by atoms with Gasteiger partial charge in [0.05, 0.1) is 7.11 Å². The molecule has 3 unspecified atom stereocenters. The summed E-state index contributed by atoms with van der Waals surface area (Å²) in [5.74, 6) is 1.48. The molecule has 0 aliphatic carbocycles. The van der Waals surface area contributed by atoms with Gasteiger partial charge in [-0.15, -0.1) is 0 Å². The molecule has 4 nitrogen and oxygen atoms in total. The molecule has 0 N–H and O–H groups in total. The minimum absolute atomic E-state index is 0.0295. The van der Waals surface area contributed by atoms with Crippen LogP contribution in [-0.4, -0.2) is 61.6 Å². The summed E-state index contributed by atoms with van der Waals surface area (Å²) in [7, 11) is 3.56. The largest absolute Gasteiger partial charge is 0.468 e. The van der Waals surface area contributed by atoms with Crippen molar-refractivity contribution >= 4 is 5.97 Å². The van der Waals surface area contributed by atoms with Gasteiger partial charge in [-0.1, -0.05) is 0 Å². The smallest absolute Gasteiger partial charge is 0.324 e. The lowest BCUT2D eigenvalue weighted by atomic mass is 9.74. The van der Waals surface area contributed by atoms with E-state index < -0.39 is 0 Å². The summed E-state index contributed by atoms with van der Waals surface area (Å²) in [6, 6.07) is 0.392. The molecule has 4 rings (SSSR count). The summed E-state index contributed by atoms with van der Waals surface area (Å²) < 4.78 is 4.95. The summed E-state index contributed by atoms with van der Waals surface area (Å²) in [4.78, 5) is 16.6. The molecule has 4 fully saturated rings. The van der Waals surface area contributed by atoms with Crippen LogP contribution >= 0.6 is 0 Å². The maximum Gasteiger partial charge on any atom is 0.324 e. The maximum absolute atomic E-state index is 11.9. The monoisotopic (exact) mass is 224 g/mol. The van der Waals surface area contributed by atoms with Crippen LogP contribution in [0.25, 0.3) is 0 Å². The molecule has 0 aromatic heterocycles. The number of rotatable bonds is 1. The first-order chi connectivity index (χ1) is 7.72. The van der Waals surface area contributed by atoms with Crippen molar-refractivity contribution in [2.45, 2.75) is 24.9 Å². The number of likely N-dealkylation sites (N-methyl/N-ethyl adjacent to an activating group) is 1. The van der Waals surface area contributed by atoms with Crippen molar-refractivity contribution in [3.05, 3.63) is 0 Å². The van der Waals surface area contributed by atoms with E-state index in [-0.39, 0.29) is 12.0 Å². The predicted octanol–water partition coefficient (Wildman–Crippen LogP) is 0.184. The van der Waals surface area contributed by atoms with E-state index in [1.165, 1.54) is 33.0 Å². The molecule has 0 amide bonds. The first-order valence-electron chi connectivity index (χ1n) is 6.24. The Bertz CT molecular complexity index is 299. The van der Waals surface area contributed by atoms with E-state index in [2.05, 4.69) is 16.8 Å². The van der Waals surface area contributed by atoms with E-state index >= 15 is 0 Å². The van der Waals surface area contributed by atoms with Crippen molar-refractivity contribution < 1.29 is 9.53 Å². The fraction of sp³-hybridized carbons (Fsp3) is 0.917. The summed E-state index contributed by atoms with van der Waals surface area (Å²) in [6.07, 6.45) is 2.64. The first kappa shape index (κ1) is 10.5. The van der Waals surface area contributed by atoms with Crippen LogP contribution in [0.3, 0.4) is 0 Å². The van der Waals surface area contributed by atoms with Crippen molar-refractivity contribution in [1.29, 1.82) is 0 Å². The molecule has 0 saturated carbocycles.